The summed E-state index contributed by atoms with van der Waals surface area (Å²) >= 11 is 0. The molecule has 0 saturated heterocycles. The quantitative estimate of drug-likeness (QED) is 0.329. The SMILES string of the molecule is N#Cc1ccc(-c2c3ccccc3c(-c3ccc(C#N)cc3)c3cnccc23)cc1. The van der Waals surface area contributed by atoms with Crippen molar-refractivity contribution in [2.45, 2.75) is 0 Å². The van der Waals surface area contributed by atoms with Gasteiger partial charge < -0.3 is 0 Å². The van der Waals surface area contributed by atoms with E-state index in [9.17, 15) is 0 Å². The van der Waals surface area contributed by atoms with Crippen LogP contribution in [0, 0.1) is 22.7 Å². The Morgan fingerprint density at radius 3 is 1.50 bits per heavy atom. The van der Waals surface area contributed by atoms with Gasteiger partial charge in [-0.3, -0.25) is 4.98 Å². The fraction of sp³-hybridized carbons (Fsp3) is 0. The van der Waals surface area contributed by atoms with E-state index in [2.05, 4.69) is 29.3 Å². The molecule has 0 N–H and O–H groups in total. The van der Waals surface area contributed by atoms with Crippen LogP contribution in [-0.2, 0) is 0 Å². The summed E-state index contributed by atoms with van der Waals surface area (Å²) in [5.41, 5.74) is 5.63. The molecule has 30 heavy (non-hydrogen) atoms. The van der Waals surface area contributed by atoms with Gasteiger partial charge in [-0.1, -0.05) is 48.5 Å². The highest BCUT2D eigenvalue weighted by molar-refractivity contribution is 6.21. The van der Waals surface area contributed by atoms with Crippen molar-refractivity contribution in [3.63, 3.8) is 0 Å². The maximum absolute atomic E-state index is 9.16. The predicted octanol–water partition coefficient (Wildman–Crippen LogP) is 6.47. The van der Waals surface area contributed by atoms with E-state index in [1.54, 1.807) is 0 Å². The second-order valence-corrected chi connectivity index (χ2v) is 7.10. The maximum atomic E-state index is 9.16. The first-order valence-electron chi connectivity index (χ1n) is 9.59. The molecule has 5 aromatic rings. The lowest BCUT2D eigenvalue weighted by Crippen LogP contribution is -1.91. The standard InChI is InChI=1S/C27H15N3/c28-15-18-5-9-20(10-6-18)26-22-3-1-2-4-23(22)27(25-17-30-14-13-24(25)26)21-11-7-19(16-29)8-12-21/h1-14,17H. The van der Waals surface area contributed by atoms with Gasteiger partial charge in [0.05, 0.1) is 23.3 Å². The molecule has 0 unspecified atom stereocenters. The maximum Gasteiger partial charge on any atom is 0.0991 e. The van der Waals surface area contributed by atoms with Crippen LogP contribution in [0.1, 0.15) is 11.1 Å². The van der Waals surface area contributed by atoms with Crippen molar-refractivity contribution in [1.82, 2.24) is 4.98 Å². The summed E-state index contributed by atoms with van der Waals surface area (Å²) < 4.78 is 0. The van der Waals surface area contributed by atoms with Crippen molar-refractivity contribution < 1.29 is 0 Å². The minimum absolute atomic E-state index is 0.639. The summed E-state index contributed by atoms with van der Waals surface area (Å²) in [5, 5.41) is 22.8. The van der Waals surface area contributed by atoms with Crippen LogP contribution in [0.15, 0.2) is 91.3 Å². The van der Waals surface area contributed by atoms with Gasteiger partial charge in [-0.2, -0.15) is 10.5 Å². The van der Waals surface area contributed by atoms with Crippen LogP contribution in [0.4, 0.5) is 0 Å². The van der Waals surface area contributed by atoms with Gasteiger partial charge in [-0.25, -0.2) is 0 Å². The summed E-state index contributed by atoms with van der Waals surface area (Å²) in [6.45, 7) is 0. The van der Waals surface area contributed by atoms with Crippen molar-refractivity contribution in [3.05, 3.63) is 102 Å². The number of hydrogen-bond acceptors (Lipinski definition) is 3. The largest absolute Gasteiger partial charge is 0.264 e. The van der Waals surface area contributed by atoms with Crippen LogP contribution in [0.5, 0.6) is 0 Å². The normalized spacial score (nSPS) is 10.6. The zero-order chi connectivity index (χ0) is 20.5. The molecule has 138 valence electrons. The van der Waals surface area contributed by atoms with Crippen molar-refractivity contribution >= 4 is 21.5 Å². The van der Waals surface area contributed by atoms with E-state index in [1.165, 1.54) is 0 Å². The Bertz CT molecular complexity index is 1310. The highest BCUT2D eigenvalue weighted by Crippen LogP contribution is 2.43. The van der Waals surface area contributed by atoms with Crippen LogP contribution in [0.2, 0.25) is 0 Å². The molecule has 0 fully saturated rings. The van der Waals surface area contributed by atoms with Gasteiger partial charge in [0.2, 0.25) is 0 Å². The van der Waals surface area contributed by atoms with Gasteiger partial charge in [0.25, 0.3) is 0 Å². The molecule has 0 bridgehead atoms. The molecule has 0 aliphatic heterocycles. The number of aromatic nitrogens is 1. The average molecular weight is 381 g/mol. The average Bonchev–Trinajstić information content (AvgIpc) is 2.82. The van der Waals surface area contributed by atoms with E-state index in [-0.39, 0.29) is 0 Å². The highest BCUT2D eigenvalue weighted by atomic mass is 14.6. The van der Waals surface area contributed by atoms with Crippen LogP contribution < -0.4 is 0 Å². The highest BCUT2D eigenvalue weighted by Gasteiger charge is 2.16. The molecule has 0 atom stereocenters. The van der Waals surface area contributed by atoms with Crippen LogP contribution in [0.3, 0.4) is 0 Å². The van der Waals surface area contributed by atoms with Crippen molar-refractivity contribution in [2.24, 2.45) is 0 Å². The van der Waals surface area contributed by atoms with E-state index < -0.39 is 0 Å². The van der Waals surface area contributed by atoms with E-state index in [4.69, 9.17) is 10.5 Å². The summed E-state index contributed by atoms with van der Waals surface area (Å²) in [5.74, 6) is 0. The zero-order valence-corrected chi connectivity index (χ0v) is 16.0. The Kier molecular flexibility index (Phi) is 4.21. The minimum Gasteiger partial charge on any atom is -0.264 e. The third-order valence-corrected chi connectivity index (χ3v) is 5.43. The second kappa shape index (κ2) is 7.17. The van der Waals surface area contributed by atoms with Crippen molar-refractivity contribution in [3.8, 4) is 34.4 Å². The van der Waals surface area contributed by atoms with Gasteiger partial charge in [-0.05, 0) is 68.7 Å². The lowest BCUT2D eigenvalue weighted by molar-refractivity contribution is 1.37. The van der Waals surface area contributed by atoms with Gasteiger partial charge in [0.1, 0.15) is 0 Å². The first kappa shape index (κ1) is 17.6. The topological polar surface area (TPSA) is 60.5 Å². The molecule has 4 aromatic carbocycles. The van der Waals surface area contributed by atoms with Crippen LogP contribution in [-0.4, -0.2) is 4.98 Å². The molecule has 0 saturated carbocycles. The van der Waals surface area contributed by atoms with Gasteiger partial charge in [0, 0.05) is 17.8 Å². The summed E-state index contributed by atoms with van der Waals surface area (Å²) in [4.78, 5) is 4.41. The Hall–Kier alpha value is -4.47. The second-order valence-electron chi connectivity index (χ2n) is 7.10. The summed E-state index contributed by atoms with van der Waals surface area (Å²) in [6, 6.07) is 30.2. The molecule has 1 heterocycles. The van der Waals surface area contributed by atoms with E-state index in [1.807, 2.05) is 79.1 Å². The minimum atomic E-state index is 0.639. The fourth-order valence-corrected chi connectivity index (χ4v) is 4.07. The third-order valence-electron chi connectivity index (χ3n) is 5.43. The lowest BCUT2D eigenvalue weighted by atomic mass is 9.86. The van der Waals surface area contributed by atoms with E-state index in [0.29, 0.717) is 11.1 Å². The van der Waals surface area contributed by atoms with Crippen LogP contribution in [0.25, 0.3) is 43.8 Å². The molecule has 0 aliphatic rings. The number of fused-ring (bicyclic) bond motifs is 2. The van der Waals surface area contributed by atoms with Gasteiger partial charge >= 0.3 is 0 Å². The number of nitriles is 2. The predicted molar refractivity (Wildman–Crippen MR) is 120 cm³/mol. The number of benzene rings is 4. The molecule has 3 nitrogen and oxygen atoms in total. The molecular weight excluding hydrogens is 366 g/mol. The molecule has 0 aliphatic carbocycles. The summed E-state index contributed by atoms with van der Waals surface area (Å²) in [6.07, 6.45) is 3.72. The molecule has 5 rings (SSSR count). The van der Waals surface area contributed by atoms with E-state index >= 15 is 0 Å². The Morgan fingerprint density at radius 2 is 1.00 bits per heavy atom. The zero-order valence-electron chi connectivity index (χ0n) is 16.0. The number of nitrogens with zero attached hydrogens (tertiary/aromatic N) is 3. The monoisotopic (exact) mass is 381 g/mol. The third kappa shape index (κ3) is 2.78. The number of hydrogen-bond donors (Lipinski definition) is 0. The van der Waals surface area contributed by atoms with Crippen LogP contribution >= 0.6 is 0 Å². The van der Waals surface area contributed by atoms with Crippen molar-refractivity contribution in [2.75, 3.05) is 0 Å². The van der Waals surface area contributed by atoms with Crippen molar-refractivity contribution in [1.29, 1.82) is 10.5 Å². The van der Waals surface area contributed by atoms with Gasteiger partial charge in [-0.15, -0.1) is 0 Å². The Balaban J connectivity index is 1.91. The summed E-state index contributed by atoms with van der Waals surface area (Å²) in [7, 11) is 0. The molecule has 0 amide bonds. The molecular formula is C27H15N3. The molecule has 0 spiro atoms. The number of rotatable bonds is 2. The fourth-order valence-electron chi connectivity index (χ4n) is 4.07. The Morgan fingerprint density at radius 1 is 0.533 bits per heavy atom. The Labute approximate surface area is 174 Å². The first-order chi connectivity index (χ1) is 14.8. The first-order valence-corrected chi connectivity index (χ1v) is 9.59. The van der Waals surface area contributed by atoms with E-state index in [0.717, 1.165) is 43.8 Å². The smallest absolute Gasteiger partial charge is 0.0991 e. The number of pyridine rings is 1. The lowest BCUT2D eigenvalue weighted by Gasteiger charge is -2.17. The van der Waals surface area contributed by atoms with Gasteiger partial charge in [0.15, 0.2) is 0 Å². The molecule has 0 radical (unpaired) electrons. The molecule has 1 aromatic heterocycles. The molecule has 3 heteroatoms.